The summed E-state index contributed by atoms with van der Waals surface area (Å²) in [7, 11) is 0. The van der Waals surface area contributed by atoms with Gasteiger partial charge >= 0.3 is 5.43 Å². The molecule has 1 amide bonds. The number of carbonyl (C=O) groups is 2. The second kappa shape index (κ2) is 6.21. The van der Waals surface area contributed by atoms with Gasteiger partial charge in [0, 0.05) is 17.2 Å². The molecule has 0 aliphatic rings. The van der Waals surface area contributed by atoms with E-state index in [4.69, 9.17) is 11.6 Å². The van der Waals surface area contributed by atoms with Crippen molar-refractivity contribution in [3.8, 4) is 11.1 Å². The first-order chi connectivity index (χ1) is 9.59. The smallest absolute Gasteiger partial charge is 0.326 e. The molecule has 0 radical (unpaired) electrons. The molecule has 0 aliphatic carbocycles. The molecular weight excluding hydrogens is 278 g/mol. The molecule has 102 valence electrons. The Labute approximate surface area is 121 Å². The van der Waals surface area contributed by atoms with E-state index in [2.05, 4.69) is 4.84 Å². The molecule has 2 rings (SSSR count). The Morgan fingerprint density at radius 2 is 1.75 bits per heavy atom. The van der Waals surface area contributed by atoms with Crippen LogP contribution in [-0.2, 0) is 4.84 Å². The van der Waals surface area contributed by atoms with Crippen molar-refractivity contribution in [2.45, 2.75) is 6.92 Å². The van der Waals surface area contributed by atoms with Gasteiger partial charge in [0.05, 0.1) is 0 Å². The third kappa shape index (κ3) is 3.16. The maximum Gasteiger partial charge on any atom is 0.427 e. The number of amides is 1. The van der Waals surface area contributed by atoms with Gasteiger partial charge in [-0.1, -0.05) is 42.5 Å². The topological polar surface area (TPSA) is 55.4 Å². The second-order valence-corrected chi connectivity index (χ2v) is 4.42. The zero-order chi connectivity index (χ0) is 14.5. The summed E-state index contributed by atoms with van der Waals surface area (Å²) >= 11 is 5.00. The van der Waals surface area contributed by atoms with Crippen molar-refractivity contribution in [3.63, 3.8) is 0 Å². The van der Waals surface area contributed by atoms with Crippen molar-refractivity contribution < 1.29 is 14.4 Å². The first-order valence-electron chi connectivity index (χ1n) is 5.91. The Morgan fingerprint density at radius 1 is 1.05 bits per heavy atom. The van der Waals surface area contributed by atoms with Crippen LogP contribution in [0.25, 0.3) is 11.1 Å². The molecule has 0 saturated carbocycles. The zero-order valence-corrected chi connectivity index (χ0v) is 11.5. The van der Waals surface area contributed by atoms with Crippen molar-refractivity contribution in [2.24, 2.45) is 0 Å². The molecule has 1 N–H and O–H groups in total. The van der Waals surface area contributed by atoms with Crippen LogP contribution in [0.1, 0.15) is 15.9 Å². The Balaban J connectivity index is 2.33. The van der Waals surface area contributed by atoms with Crippen LogP contribution in [0.3, 0.4) is 0 Å². The van der Waals surface area contributed by atoms with E-state index < -0.39 is 11.3 Å². The number of rotatable bonds is 2. The van der Waals surface area contributed by atoms with E-state index in [-0.39, 0.29) is 0 Å². The molecule has 4 nitrogen and oxygen atoms in total. The maximum absolute atomic E-state index is 11.9. The highest BCUT2D eigenvalue weighted by atomic mass is 35.5. The van der Waals surface area contributed by atoms with Crippen LogP contribution in [-0.4, -0.2) is 11.3 Å². The summed E-state index contributed by atoms with van der Waals surface area (Å²) in [5, 5.41) is 0. The molecule has 2 aromatic rings. The third-order valence-corrected chi connectivity index (χ3v) is 2.96. The van der Waals surface area contributed by atoms with Gasteiger partial charge in [0.15, 0.2) is 0 Å². The molecular formula is C15H12ClNO3. The van der Waals surface area contributed by atoms with Crippen LogP contribution in [0.5, 0.6) is 0 Å². The van der Waals surface area contributed by atoms with Crippen molar-refractivity contribution in [3.05, 3.63) is 59.7 Å². The zero-order valence-electron chi connectivity index (χ0n) is 10.7. The van der Waals surface area contributed by atoms with Crippen LogP contribution in [0.15, 0.2) is 48.5 Å². The highest BCUT2D eigenvalue weighted by molar-refractivity contribution is 6.61. The Kier molecular flexibility index (Phi) is 4.38. The number of nitrogens with one attached hydrogen (secondary N) is 1. The highest BCUT2D eigenvalue weighted by Crippen LogP contribution is 2.25. The lowest BCUT2D eigenvalue weighted by Crippen LogP contribution is -2.25. The fourth-order valence-corrected chi connectivity index (χ4v) is 1.99. The second-order valence-electron chi connectivity index (χ2n) is 4.12. The summed E-state index contributed by atoms with van der Waals surface area (Å²) in [6, 6.07) is 15.1. The van der Waals surface area contributed by atoms with Crippen LogP contribution in [0, 0.1) is 6.92 Å². The van der Waals surface area contributed by atoms with Gasteiger partial charge in [0.1, 0.15) is 0 Å². The van der Waals surface area contributed by atoms with E-state index in [0.717, 1.165) is 16.7 Å². The van der Waals surface area contributed by atoms with Gasteiger partial charge < -0.3 is 4.84 Å². The molecule has 0 fully saturated rings. The highest BCUT2D eigenvalue weighted by Gasteiger charge is 2.13. The van der Waals surface area contributed by atoms with Gasteiger partial charge in [-0.15, -0.1) is 0 Å². The quantitative estimate of drug-likeness (QED) is 0.678. The minimum atomic E-state index is -1.09. The molecule has 5 heteroatoms. The van der Waals surface area contributed by atoms with Crippen molar-refractivity contribution >= 4 is 22.9 Å². The lowest BCUT2D eigenvalue weighted by Gasteiger charge is -2.11. The first kappa shape index (κ1) is 14.1. The van der Waals surface area contributed by atoms with E-state index in [9.17, 15) is 9.59 Å². The molecule has 20 heavy (non-hydrogen) atoms. The van der Waals surface area contributed by atoms with E-state index in [1.165, 1.54) is 0 Å². The summed E-state index contributed by atoms with van der Waals surface area (Å²) < 4.78 is 0. The minimum absolute atomic E-state index is 0.421. The van der Waals surface area contributed by atoms with Crippen molar-refractivity contribution in [1.82, 2.24) is 5.48 Å². The summed E-state index contributed by atoms with van der Waals surface area (Å²) in [6.07, 6.45) is 0. The predicted octanol–water partition coefficient (Wildman–Crippen LogP) is 3.68. The fourth-order valence-electron chi connectivity index (χ4n) is 1.95. The lowest BCUT2D eigenvalue weighted by molar-refractivity contribution is 0.0644. The van der Waals surface area contributed by atoms with Crippen LogP contribution in [0.2, 0.25) is 0 Å². The van der Waals surface area contributed by atoms with E-state index in [1.807, 2.05) is 48.8 Å². The number of hydroxylamine groups is 1. The largest absolute Gasteiger partial charge is 0.427 e. The Hall–Kier alpha value is -2.33. The average molecular weight is 290 g/mol. The molecule has 0 bridgehead atoms. The maximum atomic E-state index is 11.9. The van der Waals surface area contributed by atoms with Gasteiger partial charge in [-0.3, -0.25) is 4.79 Å². The Morgan fingerprint density at radius 3 is 2.40 bits per heavy atom. The SMILES string of the molecule is Cc1c(C(=O)NOC(=O)Cl)cccc1-c1ccccc1. The number of benzene rings is 2. The normalized spacial score (nSPS) is 9.90. The van der Waals surface area contributed by atoms with Crippen LogP contribution < -0.4 is 5.48 Å². The molecule has 0 aromatic heterocycles. The van der Waals surface area contributed by atoms with Crippen LogP contribution >= 0.6 is 11.6 Å². The monoisotopic (exact) mass is 289 g/mol. The van der Waals surface area contributed by atoms with Crippen LogP contribution in [0.4, 0.5) is 4.79 Å². The number of halogens is 1. The molecule has 0 atom stereocenters. The molecule has 2 aromatic carbocycles. The number of hydrogen-bond acceptors (Lipinski definition) is 3. The van der Waals surface area contributed by atoms with E-state index in [0.29, 0.717) is 5.56 Å². The van der Waals surface area contributed by atoms with Crippen molar-refractivity contribution in [1.29, 1.82) is 0 Å². The summed E-state index contributed by atoms with van der Waals surface area (Å²) in [4.78, 5) is 26.7. The molecule has 0 unspecified atom stereocenters. The lowest BCUT2D eigenvalue weighted by atomic mass is 9.96. The summed E-state index contributed by atoms with van der Waals surface area (Å²) in [5.41, 5.74) is 4.07. The number of hydrogen-bond donors (Lipinski definition) is 1. The molecule has 0 saturated heterocycles. The van der Waals surface area contributed by atoms with E-state index in [1.54, 1.807) is 12.1 Å². The van der Waals surface area contributed by atoms with Gasteiger partial charge in [0.2, 0.25) is 0 Å². The first-order valence-corrected chi connectivity index (χ1v) is 6.29. The van der Waals surface area contributed by atoms with Gasteiger partial charge in [-0.2, -0.15) is 5.48 Å². The summed E-state index contributed by atoms with van der Waals surface area (Å²) in [5.74, 6) is -0.519. The third-order valence-electron chi connectivity index (χ3n) is 2.89. The van der Waals surface area contributed by atoms with E-state index >= 15 is 0 Å². The van der Waals surface area contributed by atoms with Gasteiger partial charge in [-0.05, 0) is 29.7 Å². The van der Waals surface area contributed by atoms with Gasteiger partial charge in [-0.25, -0.2) is 4.79 Å². The fraction of sp³-hybridized carbons (Fsp3) is 0.0667. The minimum Gasteiger partial charge on any atom is -0.326 e. The standard InChI is InChI=1S/C15H12ClNO3/c1-10-12(11-6-3-2-4-7-11)8-5-9-13(10)14(18)17-20-15(16)19/h2-9H,1H3,(H,17,18). The number of carbonyl (C=O) groups excluding carboxylic acids is 2. The summed E-state index contributed by atoms with van der Waals surface area (Å²) in [6.45, 7) is 1.83. The average Bonchev–Trinajstić information content (AvgIpc) is 2.46. The molecule has 0 heterocycles. The Bertz CT molecular complexity index is 641. The van der Waals surface area contributed by atoms with Gasteiger partial charge in [0.25, 0.3) is 5.91 Å². The van der Waals surface area contributed by atoms with Crippen molar-refractivity contribution in [2.75, 3.05) is 0 Å². The molecule has 0 aliphatic heterocycles. The molecule has 0 spiro atoms. The predicted molar refractivity (Wildman–Crippen MR) is 76.4 cm³/mol.